The minimum Gasteiger partial charge on any atom is -0.354 e. The van der Waals surface area contributed by atoms with Crippen LogP contribution in [0, 0.1) is 11.3 Å². The first-order valence-corrected chi connectivity index (χ1v) is 6.60. The summed E-state index contributed by atoms with van der Waals surface area (Å²) >= 11 is 0. The maximum absolute atomic E-state index is 11.9. The van der Waals surface area contributed by atoms with Crippen molar-refractivity contribution in [1.82, 2.24) is 10.2 Å². The molecule has 0 spiro atoms. The molecule has 0 saturated carbocycles. The molecule has 1 aliphatic heterocycles. The van der Waals surface area contributed by atoms with E-state index >= 15 is 0 Å². The third-order valence-electron chi connectivity index (χ3n) is 3.69. The fourth-order valence-electron chi connectivity index (χ4n) is 2.18. The Hall–Kier alpha value is -0.610. The second-order valence-electron chi connectivity index (χ2n) is 6.05. The number of carbonyl (C=O) groups is 1. The Kier molecular flexibility index (Phi) is 4.95. The normalized spacial score (nSPS) is 27.4. The predicted octanol–water partition coefficient (Wildman–Crippen LogP) is 0.818. The van der Waals surface area contributed by atoms with Gasteiger partial charge in [-0.05, 0) is 37.8 Å². The number of likely N-dealkylation sites (tertiary alicyclic amines) is 1. The second-order valence-corrected chi connectivity index (χ2v) is 6.05. The molecule has 100 valence electrons. The van der Waals surface area contributed by atoms with Crippen LogP contribution in [0.15, 0.2) is 0 Å². The number of hydrogen-bond donors (Lipinski definition) is 2. The number of nitrogens with zero attached hydrogens (tertiary/aromatic N) is 1. The molecule has 0 aliphatic carbocycles. The van der Waals surface area contributed by atoms with Gasteiger partial charge in [-0.3, -0.25) is 9.69 Å². The number of carbonyl (C=O) groups excluding carboxylic acids is 1. The number of hydrogen-bond acceptors (Lipinski definition) is 3. The van der Waals surface area contributed by atoms with Crippen molar-refractivity contribution in [2.45, 2.75) is 40.2 Å². The van der Waals surface area contributed by atoms with Gasteiger partial charge < -0.3 is 11.1 Å². The lowest BCUT2D eigenvalue weighted by atomic mass is 9.90. The van der Waals surface area contributed by atoms with E-state index in [0.717, 1.165) is 26.1 Å². The van der Waals surface area contributed by atoms with Crippen LogP contribution in [-0.2, 0) is 4.79 Å². The van der Waals surface area contributed by atoms with Crippen LogP contribution in [0.3, 0.4) is 0 Å². The quantitative estimate of drug-likeness (QED) is 0.749. The zero-order valence-electron chi connectivity index (χ0n) is 11.6. The number of amides is 1. The minimum absolute atomic E-state index is 0.0397. The topological polar surface area (TPSA) is 58.4 Å². The molecule has 0 aromatic heterocycles. The third kappa shape index (κ3) is 3.96. The first kappa shape index (κ1) is 14.5. The molecule has 0 aromatic carbocycles. The largest absolute Gasteiger partial charge is 0.354 e. The van der Waals surface area contributed by atoms with Crippen LogP contribution in [0.5, 0.6) is 0 Å². The molecule has 1 saturated heterocycles. The highest BCUT2D eigenvalue weighted by molar-refractivity contribution is 5.81. The van der Waals surface area contributed by atoms with Crippen LogP contribution in [0.2, 0.25) is 0 Å². The van der Waals surface area contributed by atoms with E-state index in [0.29, 0.717) is 12.5 Å². The fraction of sp³-hybridized carbons (Fsp3) is 0.923. The molecule has 1 heterocycles. The molecule has 1 rings (SSSR count). The molecule has 4 nitrogen and oxygen atoms in total. The zero-order chi connectivity index (χ0) is 13.1. The van der Waals surface area contributed by atoms with E-state index in [1.807, 2.05) is 6.92 Å². The van der Waals surface area contributed by atoms with Gasteiger partial charge in [0.2, 0.25) is 5.91 Å². The lowest BCUT2D eigenvalue weighted by molar-refractivity contribution is -0.125. The van der Waals surface area contributed by atoms with Gasteiger partial charge in [-0.1, -0.05) is 20.8 Å². The first-order chi connectivity index (χ1) is 7.88. The molecular weight excluding hydrogens is 214 g/mol. The summed E-state index contributed by atoms with van der Waals surface area (Å²) < 4.78 is 0. The monoisotopic (exact) mass is 241 g/mol. The van der Waals surface area contributed by atoms with Gasteiger partial charge in [0, 0.05) is 13.1 Å². The van der Waals surface area contributed by atoms with Gasteiger partial charge in [0.1, 0.15) is 0 Å². The van der Waals surface area contributed by atoms with Crippen molar-refractivity contribution in [3.63, 3.8) is 0 Å². The molecule has 17 heavy (non-hydrogen) atoms. The van der Waals surface area contributed by atoms with Gasteiger partial charge in [-0.15, -0.1) is 0 Å². The van der Waals surface area contributed by atoms with Crippen molar-refractivity contribution >= 4 is 5.91 Å². The van der Waals surface area contributed by atoms with Crippen molar-refractivity contribution in [3.8, 4) is 0 Å². The van der Waals surface area contributed by atoms with Crippen molar-refractivity contribution in [3.05, 3.63) is 0 Å². The van der Waals surface area contributed by atoms with Crippen LogP contribution in [0.1, 0.15) is 34.1 Å². The van der Waals surface area contributed by atoms with E-state index in [2.05, 4.69) is 31.0 Å². The maximum Gasteiger partial charge on any atom is 0.237 e. The Morgan fingerprint density at radius 3 is 2.59 bits per heavy atom. The van der Waals surface area contributed by atoms with Crippen LogP contribution < -0.4 is 11.1 Å². The average Bonchev–Trinajstić information content (AvgIpc) is 2.68. The molecule has 3 N–H and O–H groups in total. The summed E-state index contributed by atoms with van der Waals surface area (Å²) in [5, 5.41) is 2.99. The summed E-state index contributed by atoms with van der Waals surface area (Å²) in [5.41, 5.74) is 5.96. The van der Waals surface area contributed by atoms with Gasteiger partial charge in [-0.2, -0.15) is 0 Å². The molecule has 1 fully saturated rings. The van der Waals surface area contributed by atoms with Crippen LogP contribution in [0.4, 0.5) is 0 Å². The van der Waals surface area contributed by atoms with Crippen LogP contribution in [-0.4, -0.2) is 43.0 Å². The van der Waals surface area contributed by atoms with E-state index in [1.165, 1.54) is 0 Å². The molecule has 4 heteroatoms. The van der Waals surface area contributed by atoms with E-state index in [1.54, 1.807) is 0 Å². The lowest BCUT2D eigenvalue weighted by Gasteiger charge is -2.26. The number of rotatable bonds is 5. The highest BCUT2D eigenvalue weighted by Crippen LogP contribution is 2.29. The third-order valence-corrected chi connectivity index (χ3v) is 3.69. The summed E-state index contributed by atoms with van der Waals surface area (Å²) in [6, 6.07) is -0.0397. The summed E-state index contributed by atoms with van der Waals surface area (Å²) in [7, 11) is 0. The smallest absolute Gasteiger partial charge is 0.237 e. The Balaban J connectivity index is 2.43. The van der Waals surface area contributed by atoms with Crippen molar-refractivity contribution in [2.75, 3.05) is 26.2 Å². The Bertz CT molecular complexity index is 267. The average molecular weight is 241 g/mol. The predicted molar refractivity (Wildman–Crippen MR) is 70.7 cm³/mol. The molecule has 1 aliphatic rings. The van der Waals surface area contributed by atoms with E-state index < -0.39 is 0 Å². The molecule has 0 radical (unpaired) electrons. The highest BCUT2D eigenvalue weighted by atomic mass is 16.2. The molecule has 0 bridgehead atoms. The standard InChI is InChI=1S/C13H27N3O/c1-10(2)7-15-12(17)11(3)16-6-5-13(4,8-14)9-16/h10-11H,5-9,14H2,1-4H3,(H,15,17). The van der Waals surface area contributed by atoms with Gasteiger partial charge in [0.25, 0.3) is 0 Å². The van der Waals surface area contributed by atoms with E-state index in [4.69, 9.17) is 5.73 Å². The molecular formula is C13H27N3O. The minimum atomic E-state index is -0.0397. The van der Waals surface area contributed by atoms with E-state index in [-0.39, 0.29) is 17.4 Å². The summed E-state index contributed by atoms with van der Waals surface area (Å²) in [5.74, 6) is 0.638. The van der Waals surface area contributed by atoms with Gasteiger partial charge in [-0.25, -0.2) is 0 Å². The Morgan fingerprint density at radius 1 is 1.47 bits per heavy atom. The Morgan fingerprint density at radius 2 is 2.12 bits per heavy atom. The van der Waals surface area contributed by atoms with Gasteiger partial charge >= 0.3 is 0 Å². The van der Waals surface area contributed by atoms with Crippen molar-refractivity contribution in [2.24, 2.45) is 17.1 Å². The first-order valence-electron chi connectivity index (χ1n) is 6.60. The lowest BCUT2D eigenvalue weighted by Crippen LogP contribution is -2.46. The van der Waals surface area contributed by atoms with E-state index in [9.17, 15) is 4.79 Å². The SMILES string of the molecule is CC(C)CNC(=O)C(C)N1CCC(C)(CN)C1. The van der Waals surface area contributed by atoms with Gasteiger partial charge in [0.15, 0.2) is 0 Å². The fourth-order valence-corrected chi connectivity index (χ4v) is 2.18. The molecule has 0 aromatic rings. The second kappa shape index (κ2) is 5.83. The van der Waals surface area contributed by atoms with Crippen molar-refractivity contribution in [1.29, 1.82) is 0 Å². The highest BCUT2D eigenvalue weighted by Gasteiger charge is 2.36. The summed E-state index contributed by atoms with van der Waals surface area (Å²) in [6.07, 6.45) is 1.09. The Labute approximate surface area is 105 Å². The summed E-state index contributed by atoms with van der Waals surface area (Å²) in [6.45, 7) is 11.8. The van der Waals surface area contributed by atoms with Gasteiger partial charge in [0.05, 0.1) is 6.04 Å². The van der Waals surface area contributed by atoms with Crippen LogP contribution >= 0.6 is 0 Å². The van der Waals surface area contributed by atoms with Crippen molar-refractivity contribution < 1.29 is 4.79 Å². The molecule has 2 unspecified atom stereocenters. The summed E-state index contributed by atoms with van der Waals surface area (Å²) in [4.78, 5) is 14.2. The zero-order valence-corrected chi connectivity index (χ0v) is 11.6. The molecule has 1 amide bonds. The maximum atomic E-state index is 11.9. The number of nitrogens with two attached hydrogens (primary N) is 1. The molecule has 2 atom stereocenters. The van der Waals surface area contributed by atoms with Crippen LogP contribution in [0.25, 0.3) is 0 Å². The number of nitrogens with one attached hydrogen (secondary N) is 1.